The van der Waals surface area contributed by atoms with E-state index in [1.807, 2.05) is 32.9 Å². The van der Waals surface area contributed by atoms with Gasteiger partial charge in [0.15, 0.2) is 0 Å². The van der Waals surface area contributed by atoms with E-state index in [-0.39, 0.29) is 17.9 Å². The molecule has 1 aliphatic heterocycles. The Morgan fingerprint density at radius 1 is 1.10 bits per heavy atom. The number of anilines is 1. The molecule has 0 saturated heterocycles. The number of hydrogen-bond donors (Lipinski definition) is 1. The Hall–Kier alpha value is -2.67. The van der Waals surface area contributed by atoms with Crippen LogP contribution < -0.4 is 4.72 Å². The van der Waals surface area contributed by atoms with Gasteiger partial charge in [-0.2, -0.15) is 5.10 Å². The van der Waals surface area contributed by atoms with Crippen molar-refractivity contribution in [2.75, 3.05) is 11.0 Å². The van der Waals surface area contributed by atoms with Crippen molar-refractivity contribution in [1.29, 1.82) is 0 Å². The molecule has 3 rings (SSSR count). The topological polar surface area (TPSA) is 78.8 Å². The summed E-state index contributed by atoms with van der Waals surface area (Å²) < 4.78 is 25.3. The fourth-order valence-corrected chi connectivity index (χ4v) is 4.27. The number of benzene rings is 2. The summed E-state index contributed by atoms with van der Waals surface area (Å²) >= 11 is 0. The van der Waals surface area contributed by atoms with Crippen molar-refractivity contribution in [3.05, 3.63) is 65.2 Å². The molecule has 0 fully saturated rings. The summed E-state index contributed by atoms with van der Waals surface area (Å²) in [4.78, 5) is 13.2. The molecule has 1 amide bonds. The van der Waals surface area contributed by atoms with Gasteiger partial charge in [0.2, 0.25) is 15.9 Å². The Balaban J connectivity index is 1.92. The summed E-state index contributed by atoms with van der Waals surface area (Å²) in [6.45, 7) is 6.10. The minimum absolute atomic E-state index is 0.0518. The summed E-state index contributed by atoms with van der Waals surface area (Å²) in [7, 11) is -3.33. The van der Waals surface area contributed by atoms with Crippen molar-refractivity contribution in [1.82, 2.24) is 5.01 Å². The quantitative estimate of drug-likeness (QED) is 0.707. The van der Waals surface area contributed by atoms with Crippen molar-refractivity contribution in [2.24, 2.45) is 11.0 Å². The van der Waals surface area contributed by atoms with E-state index in [9.17, 15) is 13.2 Å². The van der Waals surface area contributed by atoms with E-state index in [4.69, 9.17) is 5.10 Å². The van der Waals surface area contributed by atoms with Gasteiger partial charge in [-0.15, -0.1) is 0 Å². The number of nitrogens with zero attached hydrogens (tertiary/aromatic N) is 2. The average molecular weight is 428 g/mol. The first-order valence-electron chi connectivity index (χ1n) is 10.3. The van der Waals surface area contributed by atoms with Crippen LogP contribution in [0.25, 0.3) is 0 Å². The lowest BCUT2D eigenvalue weighted by molar-refractivity contribution is -0.137. The van der Waals surface area contributed by atoms with Crippen molar-refractivity contribution in [3.63, 3.8) is 0 Å². The van der Waals surface area contributed by atoms with Crippen LogP contribution in [0.2, 0.25) is 0 Å². The first kappa shape index (κ1) is 22.0. The molecule has 1 N–H and O–H groups in total. The summed E-state index contributed by atoms with van der Waals surface area (Å²) in [5.41, 5.74) is 4.44. The third-order valence-corrected chi connectivity index (χ3v) is 6.06. The lowest BCUT2D eigenvalue weighted by atomic mass is 9.96. The zero-order valence-electron chi connectivity index (χ0n) is 17.9. The zero-order valence-corrected chi connectivity index (χ0v) is 18.7. The standard InChI is InChI=1S/C23H29N3O3S/c1-5-17(6-2)23(27)26-22(19-9-7-16(3)8-10-19)15-21(24-26)18-11-13-20(14-12-18)25-30(4,28)29/h7-14,17,22,25H,5-6,15H2,1-4H3/t22-/m1/s1. The first-order valence-corrected chi connectivity index (χ1v) is 12.2. The van der Waals surface area contributed by atoms with Gasteiger partial charge in [-0.1, -0.05) is 55.8 Å². The van der Waals surface area contributed by atoms with Crippen LogP contribution in [0.4, 0.5) is 5.69 Å². The summed E-state index contributed by atoms with van der Waals surface area (Å²) in [5, 5.41) is 6.37. The third-order valence-electron chi connectivity index (χ3n) is 5.45. The van der Waals surface area contributed by atoms with Crippen molar-refractivity contribution in [2.45, 2.75) is 46.1 Å². The maximum atomic E-state index is 13.2. The van der Waals surface area contributed by atoms with Crippen LogP contribution in [0.3, 0.4) is 0 Å². The maximum absolute atomic E-state index is 13.2. The van der Waals surface area contributed by atoms with Gasteiger partial charge in [0.1, 0.15) is 0 Å². The molecule has 1 atom stereocenters. The normalized spacial score (nSPS) is 16.6. The highest BCUT2D eigenvalue weighted by Crippen LogP contribution is 2.35. The second-order valence-electron chi connectivity index (χ2n) is 7.83. The Bertz CT molecular complexity index is 1020. The molecule has 0 unspecified atom stereocenters. The van der Waals surface area contributed by atoms with Gasteiger partial charge < -0.3 is 0 Å². The number of nitrogens with one attached hydrogen (secondary N) is 1. The SMILES string of the molecule is CCC(CC)C(=O)N1N=C(c2ccc(NS(C)(=O)=O)cc2)C[C@@H]1c1ccc(C)cc1. The Morgan fingerprint density at radius 3 is 2.23 bits per heavy atom. The molecule has 0 aliphatic carbocycles. The fourth-order valence-electron chi connectivity index (χ4n) is 3.71. The molecular weight excluding hydrogens is 398 g/mol. The van der Waals surface area contributed by atoms with Gasteiger partial charge in [-0.3, -0.25) is 9.52 Å². The van der Waals surface area contributed by atoms with Gasteiger partial charge in [0.05, 0.1) is 18.0 Å². The van der Waals surface area contributed by atoms with E-state index in [0.717, 1.165) is 35.9 Å². The zero-order chi connectivity index (χ0) is 21.9. The van der Waals surface area contributed by atoms with Crippen molar-refractivity contribution < 1.29 is 13.2 Å². The summed E-state index contributed by atoms with van der Waals surface area (Å²) in [6.07, 6.45) is 3.30. The van der Waals surface area contributed by atoms with E-state index < -0.39 is 10.0 Å². The van der Waals surface area contributed by atoms with Crippen molar-refractivity contribution in [3.8, 4) is 0 Å². The van der Waals surface area contributed by atoms with Crippen LogP contribution in [0.15, 0.2) is 53.6 Å². The monoisotopic (exact) mass is 427 g/mol. The second-order valence-corrected chi connectivity index (χ2v) is 9.57. The Kier molecular flexibility index (Phi) is 6.61. The average Bonchev–Trinajstić information content (AvgIpc) is 3.14. The minimum Gasteiger partial charge on any atom is -0.284 e. The van der Waals surface area contributed by atoms with E-state index >= 15 is 0 Å². The van der Waals surface area contributed by atoms with Crippen LogP contribution in [0.5, 0.6) is 0 Å². The molecular formula is C23H29N3O3S. The Labute approximate surface area is 179 Å². The molecule has 0 aromatic heterocycles. The van der Waals surface area contributed by atoms with E-state index in [1.54, 1.807) is 17.1 Å². The number of aryl methyl sites for hydroxylation is 1. The van der Waals surface area contributed by atoms with Crippen molar-refractivity contribution >= 4 is 27.3 Å². The third kappa shape index (κ3) is 5.08. The molecule has 30 heavy (non-hydrogen) atoms. The maximum Gasteiger partial charge on any atom is 0.246 e. The van der Waals surface area contributed by atoms with Crippen LogP contribution in [-0.2, 0) is 14.8 Å². The van der Waals surface area contributed by atoms with Gasteiger partial charge in [-0.25, -0.2) is 13.4 Å². The Morgan fingerprint density at radius 2 is 1.70 bits per heavy atom. The lowest BCUT2D eigenvalue weighted by Crippen LogP contribution is -2.32. The van der Waals surface area contributed by atoms with Gasteiger partial charge in [0.25, 0.3) is 0 Å². The number of hydrogen-bond acceptors (Lipinski definition) is 4. The predicted molar refractivity (Wildman–Crippen MR) is 121 cm³/mol. The number of carbonyl (C=O) groups excluding carboxylic acids is 1. The molecule has 7 heteroatoms. The number of amides is 1. The van der Waals surface area contributed by atoms with Crippen LogP contribution >= 0.6 is 0 Å². The van der Waals surface area contributed by atoms with E-state index in [1.165, 1.54) is 5.56 Å². The van der Waals surface area contributed by atoms with Crippen LogP contribution in [-0.4, -0.2) is 31.3 Å². The first-order chi connectivity index (χ1) is 14.2. The number of sulfonamides is 1. The molecule has 0 spiro atoms. The lowest BCUT2D eigenvalue weighted by Gasteiger charge is -2.25. The molecule has 1 heterocycles. The molecule has 0 bridgehead atoms. The highest BCUT2D eigenvalue weighted by Gasteiger charge is 2.35. The molecule has 1 aliphatic rings. The number of carbonyl (C=O) groups is 1. The molecule has 160 valence electrons. The minimum atomic E-state index is -3.33. The molecule has 6 nitrogen and oxygen atoms in total. The highest BCUT2D eigenvalue weighted by molar-refractivity contribution is 7.92. The molecule has 0 saturated carbocycles. The van der Waals surface area contributed by atoms with Gasteiger partial charge in [0, 0.05) is 18.0 Å². The summed E-state index contributed by atoms with van der Waals surface area (Å²) in [5.74, 6) is -0.00155. The largest absolute Gasteiger partial charge is 0.284 e. The summed E-state index contributed by atoms with van der Waals surface area (Å²) in [6, 6.07) is 15.2. The van der Waals surface area contributed by atoms with E-state index in [2.05, 4.69) is 29.0 Å². The van der Waals surface area contributed by atoms with E-state index in [0.29, 0.717) is 12.1 Å². The number of hydrazone groups is 1. The second kappa shape index (κ2) is 9.00. The highest BCUT2D eigenvalue weighted by atomic mass is 32.2. The molecule has 0 radical (unpaired) electrons. The smallest absolute Gasteiger partial charge is 0.246 e. The van der Waals surface area contributed by atoms with Gasteiger partial charge in [-0.05, 0) is 43.0 Å². The fraction of sp³-hybridized carbons (Fsp3) is 0.391. The van der Waals surface area contributed by atoms with Gasteiger partial charge >= 0.3 is 0 Å². The predicted octanol–water partition coefficient (Wildman–Crippen LogP) is 4.48. The molecule has 2 aromatic carbocycles. The van der Waals surface area contributed by atoms with Crippen LogP contribution in [0, 0.1) is 12.8 Å². The molecule has 2 aromatic rings. The number of rotatable bonds is 7. The van der Waals surface area contributed by atoms with Crippen LogP contribution in [0.1, 0.15) is 55.8 Å².